The van der Waals surface area contributed by atoms with Crippen LogP contribution in [0.2, 0.25) is 0 Å². The average Bonchev–Trinajstić information content (AvgIpc) is 2.97. The Morgan fingerprint density at radius 1 is 1.29 bits per heavy atom. The van der Waals surface area contributed by atoms with E-state index in [9.17, 15) is 4.79 Å². The molecule has 1 heterocycles. The molecule has 0 aliphatic heterocycles. The van der Waals surface area contributed by atoms with Gasteiger partial charge in [0.1, 0.15) is 5.69 Å². The number of aromatic nitrogens is 3. The predicted molar refractivity (Wildman–Crippen MR) is 85.2 cm³/mol. The highest BCUT2D eigenvalue weighted by Gasteiger charge is 2.15. The molecule has 0 aliphatic carbocycles. The Morgan fingerprint density at radius 2 is 2.14 bits per heavy atom. The van der Waals surface area contributed by atoms with E-state index >= 15 is 0 Å². The van der Waals surface area contributed by atoms with E-state index in [4.69, 9.17) is 5.73 Å². The molecule has 0 aliphatic rings. The van der Waals surface area contributed by atoms with Crippen molar-refractivity contribution < 1.29 is 4.79 Å². The van der Waals surface area contributed by atoms with Crippen molar-refractivity contribution in [2.45, 2.75) is 37.5 Å². The van der Waals surface area contributed by atoms with Crippen molar-refractivity contribution in [2.24, 2.45) is 5.73 Å². The van der Waals surface area contributed by atoms with Crippen LogP contribution in [0.3, 0.4) is 0 Å². The number of primary amides is 1. The van der Waals surface area contributed by atoms with E-state index < -0.39 is 5.91 Å². The number of hydrogen-bond donors (Lipinski definition) is 2. The number of amides is 1. The molecule has 2 aromatic rings. The minimum Gasteiger partial charge on any atom is -0.364 e. The monoisotopic (exact) mass is 304 g/mol. The second-order valence-corrected chi connectivity index (χ2v) is 5.99. The molecule has 0 radical (unpaired) electrons. The van der Waals surface area contributed by atoms with E-state index in [-0.39, 0.29) is 5.69 Å². The highest BCUT2D eigenvalue weighted by molar-refractivity contribution is 7.99. The number of nitrogens with two attached hydrogens (primary N) is 1. The Balaban J connectivity index is 2.04. The Bertz CT molecular complexity index is 597. The Hall–Kier alpha value is -1.82. The van der Waals surface area contributed by atoms with Crippen LogP contribution < -0.4 is 5.73 Å². The number of H-pyrrole nitrogens is 1. The topological polar surface area (TPSA) is 84.7 Å². The molecule has 1 amide bonds. The van der Waals surface area contributed by atoms with Gasteiger partial charge in [-0.1, -0.05) is 38.3 Å². The van der Waals surface area contributed by atoms with Crippen molar-refractivity contribution in [3.05, 3.63) is 30.0 Å². The maximum atomic E-state index is 11.3. The number of hydrogen-bond acceptors (Lipinski definition) is 4. The molecule has 112 valence electrons. The fraction of sp³-hybridized carbons (Fsp3) is 0.400. The number of carbonyl (C=O) groups excluding carboxylic acids is 1. The van der Waals surface area contributed by atoms with E-state index in [0.717, 1.165) is 11.3 Å². The number of aromatic amines is 1. The summed E-state index contributed by atoms with van der Waals surface area (Å²) in [6.07, 6.45) is 5.04. The van der Waals surface area contributed by atoms with Crippen molar-refractivity contribution in [1.82, 2.24) is 15.4 Å². The smallest absolute Gasteiger partial charge is 0.271 e. The first-order chi connectivity index (χ1) is 10.2. The van der Waals surface area contributed by atoms with Gasteiger partial charge in [0.2, 0.25) is 0 Å². The number of nitrogens with one attached hydrogen (secondary N) is 1. The van der Waals surface area contributed by atoms with Gasteiger partial charge in [-0.25, -0.2) is 0 Å². The third-order valence-electron chi connectivity index (χ3n) is 3.16. The predicted octanol–water partition coefficient (Wildman–Crippen LogP) is 3.24. The second kappa shape index (κ2) is 7.83. The van der Waals surface area contributed by atoms with Crippen molar-refractivity contribution >= 4 is 17.7 Å². The van der Waals surface area contributed by atoms with Gasteiger partial charge >= 0.3 is 0 Å². The quantitative estimate of drug-likeness (QED) is 0.579. The van der Waals surface area contributed by atoms with Crippen LogP contribution in [0, 0.1) is 0 Å². The lowest BCUT2D eigenvalue weighted by atomic mass is 10.1. The summed E-state index contributed by atoms with van der Waals surface area (Å²) in [4.78, 5) is 12.5. The Labute approximate surface area is 128 Å². The van der Waals surface area contributed by atoms with Gasteiger partial charge in [0.05, 0.1) is 0 Å². The number of thioether (sulfide) groups is 1. The van der Waals surface area contributed by atoms with Gasteiger partial charge in [-0.15, -0.1) is 11.8 Å². The zero-order valence-corrected chi connectivity index (χ0v) is 12.9. The molecule has 0 unspecified atom stereocenters. The molecule has 0 saturated carbocycles. The normalized spacial score (nSPS) is 10.7. The number of carbonyl (C=O) groups is 1. The summed E-state index contributed by atoms with van der Waals surface area (Å²) in [5.41, 5.74) is 6.84. The van der Waals surface area contributed by atoms with Crippen molar-refractivity contribution in [3.63, 3.8) is 0 Å². The van der Waals surface area contributed by atoms with Gasteiger partial charge in [-0.2, -0.15) is 15.4 Å². The summed E-state index contributed by atoms with van der Waals surface area (Å²) in [6, 6.07) is 7.96. The van der Waals surface area contributed by atoms with Gasteiger partial charge < -0.3 is 5.73 Å². The van der Waals surface area contributed by atoms with E-state index in [0.29, 0.717) is 5.69 Å². The number of nitrogens with zero attached hydrogens (tertiary/aromatic N) is 2. The summed E-state index contributed by atoms with van der Waals surface area (Å²) in [5.74, 6) is 0.529. The lowest BCUT2D eigenvalue weighted by Gasteiger charge is -2.04. The summed E-state index contributed by atoms with van der Waals surface area (Å²) in [6.45, 7) is 2.21. The van der Waals surface area contributed by atoms with Gasteiger partial charge in [-0.3, -0.25) is 4.79 Å². The molecule has 0 fully saturated rings. The molecular weight excluding hydrogens is 284 g/mol. The number of rotatable bonds is 8. The van der Waals surface area contributed by atoms with Gasteiger partial charge in [-0.05, 0) is 24.3 Å². The fourth-order valence-electron chi connectivity index (χ4n) is 2.06. The summed E-state index contributed by atoms with van der Waals surface area (Å²) in [5, 5.41) is 10.3. The van der Waals surface area contributed by atoms with Gasteiger partial charge in [0.15, 0.2) is 5.69 Å². The standard InChI is InChI=1S/C15H20N4OS/c1-2-3-4-5-9-21-12-8-6-7-11(10-12)13-14(15(16)20)18-19-17-13/h6-8,10H,2-5,9H2,1H3,(H2,16,20)(H,17,18,19). The minimum atomic E-state index is -0.573. The van der Waals surface area contributed by atoms with Crippen LogP contribution in [0.1, 0.15) is 43.1 Å². The molecule has 3 N–H and O–H groups in total. The largest absolute Gasteiger partial charge is 0.364 e. The van der Waals surface area contributed by atoms with E-state index in [2.05, 4.69) is 28.4 Å². The van der Waals surface area contributed by atoms with Crippen LogP contribution >= 0.6 is 11.8 Å². The zero-order valence-electron chi connectivity index (χ0n) is 12.1. The van der Waals surface area contributed by atoms with Crippen LogP contribution in [0.25, 0.3) is 11.3 Å². The molecule has 0 bridgehead atoms. The third-order valence-corrected chi connectivity index (χ3v) is 4.24. The average molecular weight is 304 g/mol. The summed E-state index contributed by atoms with van der Waals surface area (Å²) in [7, 11) is 0. The fourth-order valence-corrected chi connectivity index (χ4v) is 3.03. The van der Waals surface area contributed by atoms with E-state index in [1.54, 1.807) is 0 Å². The molecule has 5 nitrogen and oxygen atoms in total. The lowest BCUT2D eigenvalue weighted by Crippen LogP contribution is -2.12. The first-order valence-electron chi connectivity index (χ1n) is 7.16. The number of benzene rings is 1. The molecular formula is C15H20N4OS. The highest BCUT2D eigenvalue weighted by atomic mass is 32.2. The lowest BCUT2D eigenvalue weighted by molar-refractivity contribution is 0.0996. The second-order valence-electron chi connectivity index (χ2n) is 4.82. The molecule has 2 rings (SSSR count). The third kappa shape index (κ3) is 4.32. The van der Waals surface area contributed by atoms with Crippen LogP contribution in [0.4, 0.5) is 0 Å². The Morgan fingerprint density at radius 3 is 2.90 bits per heavy atom. The maximum absolute atomic E-state index is 11.3. The zero-order chi connectivity index (χ0) is 15.1. The van der Waals surface area contributed by atoms with Crippen LogP contribution in [0.15, 0.2) is 29.2 Å². The maximum Gasteiger partial charge on any atom is 0.271 e. The van der Waals surface area contributed by atoms with Crippen molar-refractivity contribution in [2.75, 3.05) is 5.75 Å². The summed E-state index contributed by atoms with van der Waals surface area (Å²) >= 11 is 1.82. The first-order valence-corrected chi connectivity index (χ1v) is 8.14. The molecule has 21 heavy (non-hydrogen) atoms. The van der Waals surface area contributed by atoms with Gasteiger partial charge in [0.25, 0.3) is 5.91 Å². The van der Waals surface area contributed by atoms with Crippen molar-refractivity contribution in [3.8, 4) is 11.3 Å². The number of unbranched alkanes of at least 4 members (excludes halogenated alkanes) is 3. The summed E-state index contributed by atoms with van der Waals surface area (Å²) < 4.78 is 0. The molecule has 0 atom stereocenters. The van der Waals surface area contributed by atoms with Crippen molar-refractivity contribution in [1.29, 1.82) is 0 Å². The SMILES string of the molecule is CCCCCCSc1cccc(-c2n[nH]nc2C(N)=O)c1. The van der Waals surface area contributed by atoms with E-state index in [1.807, 2.05) is 30.0 Å². The molecule has 6 heteroatoms. The van der Waals surface area contributed by atoms with Gasteiger partial charge in [0, 0.05) is 10.5 Å². The first kappa shape index (κ1) is 15.6. The highest BCUT2D eigenvalue weighted by Crippen LogP contribution is 2.26. The minimum absolute atomic E-state index is 0.181. The van der Waals surface area contributed by atoms with Crippen LogP contribution in [-0.2, 0) is 0 Å². The van der Waals surface area contributed by atoms with E-state index in [1.165, 1.54) is 30.6 Å². The van der Waals surface area contributed by atoms with Crippen LogP contribution in [0.5, 0.6) is 0 Å². The molecule has 1 aromatic heterocycles. The molecule has 1 aromatic carbocycles. The molecule has 0 saturated heterocycles. The van der Waals surface area contributed by atoms with Crippen LogP contribution in [-0.4, -0.2) is 27.1 Å². The Kier molecular flexibility index (Phi) is 5.80. The molecule has 0 spiro atoms.